The number of fused-ring (bicyclic) bond motifs is 1. The van der Waals surface area contributed by atoms with E-state index in [1.54, 1.807) is 36.1 Å². The average molecular weight is 452 g/mol. The molecule has 1 aliphatic heterocycles. The van der Waals surface area contributed by atoms with Gasteiger partial charge in [0.2, 0.25) is 0 Å². The largest absolute Gasteiger partial charge is 0.450 e. The summed E-state index contributed by atoms with van der Waals surface area (Å²) in [5, 5.41) is 3.19. The Labute approximate surface area is 168 Å². The molecule has 3 N–H and O–H groups in total. The summed E-state index contributed by atoms with van der Waals surface area (Å²) >= 11 is 4.59. The molecule has 142 valence electrons. The molecule has 0 spiro atoms. The molecule has 3 amide bonds. The van der Waals surface area contributed by atoms with E-state index < -0.39 is 12.0 Å². The van der Waals surface area contributed by atoms with Gasteiger partial charge in [0.05, 0.1) is 18.7 Å². The number of rotatable bonds is 4. The molecular weight excluding hydrogens is 434 g/mol. The van der Waals surface area contributed by atoms with E-state index >= 15 is 0 Å². The number of amides is 3. The van der Waals surface area contributed by atoms with Crippen LogP contribution in [0.1, 0.15) is 38.1 Å². The zero-order valence-electron chi connectivity index (χ0n) is 14.6. The van der Waals surface area contributed by atoms with Crippen molar-refractivity contribution in [2.24, 2.45) is 5.73 Å². The maximum absolute atomic E-state index is 12.5. The van der Waals surface area contributed by atoms with E-state index in [1.807, 2.05) is 0 Å². The second-order valence-electron chi connectivity index (χ2n) is 5.90. The van der Waals surface area contributed by atoms with Gasteiger partial charge < -0.3 is 20.7 Å². The summed E-state index contributed by atoms with van der Waals surface area (Å²) in [4.78, 5) is 38.9. The number of ether oxygens (including phenoxy) is 1. The number of halogens is 1. The first-order valence-electron chi connectivity index (χ1n) is 8.33. The quantitative estimate of drug-likeness (QED) is 0.743. The highest BCUT2D eigenvalue weighted by Crippen LogP contribution is 2.37. The zero-order valence-corrected chi connectivity index (χ0v) is 17.0. The molecule has 0 saturated heterocycles. The molecule has 0 saturated carbocycles. The third-order valence-electron chi connectivity index (χ3n) is 4.16. The highest BCUT2D eigenvalue weighted by Gasteiger charge is 2.30. The van der Waals surface area contributed by atoms with Crippen LogP contribution in [0.25, 0.3) is 0 Å². The maximum Gasteiger partial charge on any atom is 0.410 e. The Kier molecular flexibility index (Phi) is 5.81. The van der Waals surface area contributed by atoms with E-state index in [4.69, 9.17) is 10.5 Å². The molecule has 1 aliphatic rings. The van der Waals surface area contributed by atoms with Crippen LogP contribution in [0.3, 0.4) is 0 Å². The minimum absolute atomic E-state index is 0.299. The Hall–Kier alpha value is -2.39. The van der Waals surface area contributed by atoms with Gasteiger partial charge in [-0.1, -0.05) is 15.9 Å². The van der Waals surface area contributed by atoms with Gasteiger partial charge in [-0.25, -0.2) is 4.79 Å². The molecule has 2 heterocycles. The number of carbonyl (C=O) groups excluding carboxylic acids is 3. The third kappa shape index (κ3) is 4.14. The summed E-state index contributed by atoms with van der Waals surface area (Å²) in [7, 11) is 0. The number of carbonyl (C=O) groups is 3. The lowest BCUT2D eigenvalue weighted by Crippen LogP contribution is -2.36. The molecule has 0 unspecified atom stereocenters. The molecule has 0 atom stereocenters. The summed E-state index contributed by atoms with van der Waals surface area (Å²) in [6.45, 7) is 2.81. The van der Waals surface area contributed by atoms with E-state index in [0.29, 0.717) is 42.2 Å². The Morgan fingerprint density at radius 3 is 2.63 bits per heavy atom. The monoisotopic (exact) mass is 451 g/mol. The summed E-state index contributed by atoms with van der Waals surface area (Å²) in [5.41, 5.74) is 7.14. The second-order valence-corrected chi connectivity index (χ2v) is 7.92. The van der Waals surface area contributed by atoms with Gasteiger partial charge in [0.15, 0.2) is 0 Å². The van der Waals surface area contributed by atoms with Crippen molar-refractivity contribution in [3.8, 4) is 0 Å². The van der Waals surface area contributed by atoms with Crippen LogP contribution >= 0.6 is 27.3 Å². The summed E-state index contributed by atoms with van der Waals surface area (Å²) in [6.07, 6.45) is 0.0921. The number of primary amides is 1. The molecule has 0 bridgehead atoms. The Bertz CT molecular complexity index is 895. The fourth-order valence-corrected chi connectivity index (χ4v) is 4.43. The normalized spacial score (nSPS) is 13.0. The lowest BCUT2D eigenvalue weighted by atomic mass is 10.0. The number of hydrogen-bond donors (Lipinski definition) is 2. The number of nitrogens with two attached hydrogens (primary N) is 1. The van der Waals surface area contributed by atoms with Gasteiger partial charge in [-0.05, 0) is 43.2 Å². The fourth-order valence-electron chi connectivity index (χ4n) is 2.90. The molecule has 0 aliphatic carbocycles. The lowest BCUT2D eigenvalue weighted by Gasteiger charge is -2.26. The van der Waals surface area contributed by atoms with E-state index in [2.05, 4.69) is 21.2 Å². The SMILES string of the molecule is CCOC(=O)N1CCc2c(sc(NC(=O)c3ccc(Br)cc3)c2C(N)=O)C1. The van der Waals surface area contributed by atoms with Crippen LogP contribution in [0, 0.1) is 0 Å². The van der Waals surface area contributed by atoms with E-state index in [-0.39, 0.29) is 5.91 Å². The summed E-state index contributed by atoms with van der Waals surface area (Å²) in [5.74, 6) is -0.922. The van der Waals surface area contributed by atoms with E-state index in [0.717, 1.165) is 14.9 Å². The van der Waals surface area contributed by atoms with Crippen molar-refractivity contribution in [2.45, 2.75) is 19.9 Å². The van der Waals surface area contributed by atoms with E-state index in [1.165, 1.54) is 11.3 Å². The molecule has 2 aromatic rings. The maximum atomic E-state index is 12.5. The number of hydrogen-bond acceptors (Lipinski definition) is 5. The number of benzene rings is 1. The van der Waals surface area contributed by atoms with Crippen molar-refractivity contribution >= 4 is 50.2 Å². The number of nitrogens with zero attached hydrogens (tertiary/aromatic N) is 1. The van der Waals surface area contributed by atoms with Gasteiger partial charge in [0, 0.05) is 21.5 Å². The molecule has 1 aromatic heterocycles. The van der Waals surface area contributed by atoms with Gasteiger partial charge in [-0.3, -0.25) is 9.59 Å². The van der Waals surface area contributed by atoms with Crippen molar-refractivity contribution in [3.05, 3.63) is 50.3 Å². The van der Waals surface area contributed by atoms with Crippen LogP contribution in [-0.4, -0.2) is 36.0 Å². The van der Waals surface area contributed by atoms with Crippen LogP contribution in [-0.2, 0) is 17.7 Å². The van der Waals surface area contributed by atoms with Crippen molar-refractivity contribution in [2.75, 3.05) is 18.5 Å². The van der Waals surface area contributed by atoms with Crippen LogP contribution in [0.2, 0.25) is 0 Å². The predicted octanol–water partition coefficient (Wildman–Crippen LogP) is 3.38. The fraction of sp³-hybridized carbons (Fsp3) is 0.278. The Balaban J connectivity index is 1.86. The minimum atomic E-state index is -0.594. The number of anilines is 1. The highest BCUT2D eigenvalue weighted by molar-refractivity contribution is 9.10. The first-order valence-corrected chi connectivity index (χ1v) is 9.94. The molecular formula is C18H18BrN3O4S. The topological polar surface area (TPSA) is 102 Å². The summed E-state index contributed by atoms with van der Waals surface area (Å²) < 4.78 is 5.90. The van der Waals surface area contributed by atoms with Gasteiger partial charge in [-0.15, -0.1) is 11.3 Å². The average Bonchev–Trinajstić information content (AvgIpc) is 2.99. The number of nitrogens with one attached hydrogen (secondary N) is 1. The third-order valence-corrected chi connectivity index (χ3v) is 5.82. The molecule has 7 nitrogen and oxygen atoms in total. The molecule has 1 aromatic carbocycles. The van der Waals surface area contributed by atoms with Crippen molar-refractivity contribution in [3.63, 3.8) is 0 Å². The zero-order chi connectivity index (χ0) is 19.6. The number of thiophene rings is 1. The van der Waals surface area contributed by atoms with Gasteiger partial charge >= 0.3 is 6.09 Å². The van der Waals surface area contributed by atoms with Crippen LogP contribution < -0.4 is 11.1 Å². The summed E-state index contributed by atoms with van der Waals surface area (Å²) in [6, 6.07) is 6.89. The smallest absolute Gasteiger partial charge is 0.410 e. The Morgan fingerprint density at radius 1 is 1.30 bits per heavy atom. The highest BCUT2D eigenvalue weighted by atomic mass is 79.9. The molecule has 9 heteroatoms. The lowest BCUT2D eigenvalue weighted by molar-refractivity contribution is 0.0997. The van der Waals surface area contributed by atoms with Crippen molar-refractivity contribution in [1.82, 2.24) is 4.90 Å². The predicted molar refractivity (Wildman–Crippen MR) is 106 cm³/mol. The van der Waals surface area contributed by atoms with Crippen molar-refractivity contribution < 1.29 is 19.1 Å². The molecule has 27 heavy (non-hydrogen) atoms. The van der Waals surface area contributed by atoms with Gasteiger partial charge in [0.1, 0.15) is 5.00 Å². The first-order chi connectivity index (χ1) is 12.9. The Morgan fingerprint density at radius 2 is 2.00 bits per heavy atom. The first kappa shape index (κ1) is 19.4. The molecule has 0 radical (unpaired) electrons. The molecule has 3 rings (SSSR count). The standard InChI is InChI=1S/C18H18BrN3O4S/c1-2-26-18(25)22-8-7-12-13(9-22)27-17(14(12)15(20)23)21-16(24)10-3-5-11(19)6-4-10/h3-6H,2,7-9H2,1H3,(H2,20,23)(H,21,24). The van der Waals surface area contributed by atoms with Gasteiger partial charge in [-0.2, -0.15) is 0 Å². The van der Waals surface area contributed by atoms with Gasteiger partial charge in [0.25, 0.3) is 11.8 Å². The second kappa shape index (κ2) is 8.10. The minimum Gasteiger partial charge on any atom is -0.450 e. The van der Waals surface area contributed by atoms with Crippen molar-refractivity contribution in [1.29, 1.82) is 0 Å². The van der Waals surface area contributed by atoms with Crippen LogP contribution in [0.4, 0.5) is 9.80 Å². The van der Waals surface area contributed by atoms with Crippen LogP contribution in [0.15, 0.2) is 28.7 Å². The molecule has 0 fully saturated rings. The van der Waals surface area contributed by atoms with E-state index in [9.17, 15) is 14.4 Å². The van der Waals surface area contributed by atoms with Crippen LogP contribution in [0.5, 0.6) is 0 Å².